The highest BCUT2D eigenvalue weighted by Crippen LogP contribution is 2.38. The molecule has 1 fully saturated rings. The summed E-state index contributed by atoms with van der Waals surface area (Å²) in [7, 11) is -2.89. The summed E-state index contributed by atoms with van der Waals surface area (Å²) < 4.78 is 48.6. The molecular weight excluding hydrogens is 539 g/mol. The number of ether oxygens (including phenoxy) is 1. The third-order valence-corrected chi connectivity index (χ3v) is 9.92. The molecule has 0 bridgehead atoms. The van der Waals surface area contributed by atoms with E-state index in [1.165, 1.54) is 68.2 Å². The predicted molar refractivity (Wildman–Crippen MR) is 151 cm³/mol. The summed E-state index contributed by atoms with van der Waals surface area (Å²) in [4.78, 5) is 15.9. The van der Waals surface area contributed by atoms with E-state index in [4.69, 9.17) is 14.8 Å². The van der Waals surface area contributed by atoms with Crippen LogP contribution < -0.4 is 9.46 Å². The van der Waals surface area contributed by atoms with Gasteiger partial charge in [-0.2, -0.15) is 0 Å². The minimum absolute atomic E-state index is 0.0343. The first-order valence-corrected chi connectivity index (χ1v) is 15.1. The number of methoxy groups -OCH3 is 1. The summed E-state index contributed by atoms with van der Waals surface area (Å²) in [6.45, 7) is 2.27. The van der Waals surface area contributed by atoms with E-state index in [1.807, 2.05) is 0 Å². The van der Waals surface area contributed by atoms with Gasteiger partial charge in [-0.25, -0.2) is 22.6 Å². The van der Waals surface area contributed by atoms with E-state index >= 15 is 0 Å². The molecule has 0 amide bonds. The number of aromatic carboxylic acids is 1. The number of aromatic nitrogens is 1. The molecule has 1 saturated carbocycles. The number of anilines is 1. The Morgan fingerprint density at radius 2 is 1.82 bits per heavy atom. The van der Waals surface area contributed by atoms with Crippen molar-refractivity contribution < 1.29 is 27.4 Å². The molecule has 1 aliphatic rings. The number of nitrogens with one attached hydrogen (secondary N) is 1. The molecule has 7 nitrogen and oxygen atoms in total. The van der Waals surface area contributed by atoms with Crippen LogP contribution in [0.5, 0.6) is 5.75 Å². The van der Waals surface area contributed by atoms with Crippen molar-refractivity contribution in [2.24, 2.45) is 5.92 Å². The second-order valence-electron chi connectivity index (χ2n) is 9.84. The van der Waals surface area contributed by atoms with Crippen LogP contribution in [0.15, 0.2) is 59.5 Å². The number of carboxylic acids is 1. The molecule has 10 heteroatoms. The van der Waals surface area contributed by atoms with Crippen molar-refractivity contribution in [2.45, 2.75) is 49.8 Å². The fraction of sp³-hybridized carbons (Fsp3) is 0.310. The van der Waals surface area contributed by atoms with Gasteiger partial charge in [0.25, 0.3) is 10.0 Å². The zero-order chi connectivity index (χ0) is 27.7. The van der Waals surface area contributed by atoms with E-state index in [-0.39, 0.29) is 16.3 Å². The van der Waals surface area contributed by atoms with Crippen molar-refractivity contribution >= 4 is 43.2 Å². The summed E-state index contributed by atoms with van der Waals surface area (Å²) in [5.41, 5.74) is 2.18. The topological polar surface area (TPSA) is 106 Å². The minimum Gasteiger partial charge on any atom is -0.495 e. The minimum atomic E-state index is -4.13. The van der Waals surface area contributed by atoms with Gasteiger partial charge in [0.2, 0.25) is 0 Å². The van der Waals surface area contributed by atoms with Crippen LogP contribution in [0.2, 0.25) is 0 Å². The van der Waals surface area contributed by atoms with Crippen molar-refractivity contribution in [1.29, 1.82) is 0 Å². The van der Waals surface area contributed by atoms with Crippen LogP contribution in [0.25, 0.3) is 20.8 Å². The standard InChI is InChI=1S/C29H29FN2O5S2/c1-3-17-4-6-18(7-5-17)19-8-10-20(11-9-19)28-31-24-13-12-21(14-27(24)38-28)39(35,36)32-25-16-23(30)22(29(33)34)15-26(25)37-2/h8-18,32H,3-7H2,1-2H3,(H,33,34). The molecular formula is C29H29FN2O5S2. The smallest absolute Gasteiger partial charge is 0.338 e. The normalized spacial score (nSPS) is 17.7. The SMILES string of the molecule is CCC1CCC(c2ccc(-c3nc4ccc(S(=O)(=O)Nc5cc(F)c(C(=O)O)cc5OC)cc4s3)cc2)CC1. The van der Waals surface area contributed by atoms with Crippen LogP contribution in [0.4, 0.5) is 10.1 Å². The lowest BCUT2D eigenvalue weighted by atomic mass is 9.78. The van der Waals surface area contributed by atoms with Gasteiger partial charge in [-0.1, -0.05) is 37.6 Å². The van der Waals surface area contributed by atoms with Crippen LogP contribution >= 0.6 is 11.3 Å². The fourth-order valence-electron chi connectivity index (χ4n) is 5.17. The third-order valence-electron chi connectivity index (χ3n) is 7.49. The van der Waals surface area contributed by atoms with Crippen LogP contribution in [-0.2, 0) is 10.0 Å². The van der Waals surface area contributed by atoms with Crippen molar-refractivity contribution in [3.05, 3.63) is 71.5 Å². The molecule has 0 saturated heterocycles. The lowest BCUT2D eigenvalue weighted by Gasteiger charge is -2.28. The molecule has 1 aliphatic carbocycles. The highest BCUT2D eigenvalue weighted by Gasteiger charge is 2.23. The van der Waals surface area contributed by atoms with Crippen LogP contribution in [0.3, 0.4) is 0 Å². The lowest BCUT2D eigenvalue weighted by molar-refractivity contribution is 0.0691. The number of hydrogen-bond donors (Lipinski definition) is 2. The van der Waals surface area contributed by atoms with Gasteiger partial charge in [0.1, 0.15) is 16.6 Å². The Bertz CT molecular complexity index is 1630. The zero-order valence-corrected chi connectivity index (χ0v) is 23.2. The highest BCUT2D eigenvalue weighted by atomic mass is 32.2. The maximum Gasteiger partial charge on any atom is 0.338 e. The maximum atomic E-state index is 14.3. The second-order valence-corrected chi connectivity index (χ2v) is 12.6. The molecule has 5 rings (SSSR count). The van der Waals surface area contributed by atoms with Gasteiger partial charge < -0.3 is 9.84 Å². The lowest BCUT2D eigenvalue weighted by Crippen LogP contribution is -2.14. The Morgan fingerprint density at radius 1 is 1.10 bits per heavy atom. The first-order valence-electron chi connectivity index (χ1n) is 12.8. The number of benzene rings is 3. The molecule has 0 spiro atoms. The monoisotopic (exact) mass is 568 g/mol. The number of thiazole rings is 1. The van der Waals surface area contributed by atoms with Gasteiger partial charge in [0.05, 0.1) is 33.5 Å². The van der Waals surface area contributed by atoms with E-state index in [2.05, 4.69) is 35.9 Å². The molecule has 39 heavy (non-hydrogen) atoms. The summed E-state index contributed by atoms with van der Waals surface area (Å²) in [5, 5.41) is 9.92. The zero-order valence-electron chi connectivity index (χ0n) is 21.6. The molecule has 0 atom stereocenters. The average molecular weight is 569 g/mol. The van der Waals surface area contributed by atoms with Gasteiger partial charge in [-0.05, 0) is 67.3 Å². The van der Waals surface area contributed by atoms with Crippen molar-refractivity contribution in [3.8, 4) is 16.3 Å². The van der Waals surface area contributed by atoms with Gasteiger partial charge >= 0.3 is 5.97 Å². The van der Waals surface area contributed by atoms with Crippen molar-refractivity contribution in [3.63, 3.8) is 0 Å². The van der Waals surface area contributed by atoms with E-state index in [9.17, 15) is 17.6 Å². The van der Waals surface area contributed by atoms with Crippen LogP contribution in [0.1, 0.15) is 60.9 Å². The number of sulfonamides is 1. The first-order chi connectivity index (χ1) is 18.7. The molecule has 3 aromatic carbocycles. The highest BCUT2D eigenvalue weighted by molar-refractivity contribution is 7.92. The Morgan fingerprint density at radius 3 is 2.46 bits per heavy atom. The quantitative estimate of drug-likeness (QED) is 0.231. The average Bonchev–Trinajstić information content (AvgIpc) is 3.37. The Kier molecular flexibility index (Phi) is 7.59. The summed E-state index contributed by atoms with van der Waals surface area (Å²) in [6, 6.07) is 14.8. The molecule has 0 radical (unpaired) electrons. The number of fused-ring (bicyclic) bond motifs is 1. The fourth-order valence-corrected chi connectivity index (χ4v) is 7.34. The Balaban J connectivity index is 1.37. The number of hydrogen-bond acceptors (Lipinski definition) is 6. The predicted octanol–water partition coefficient (Wildman–Crippen LogP) is 7.29. The Labute approximate surface area is 230 Å². The van der Waals surface area contributed by atoms with E-state index in [1.54, 1.807) is 6.07 Å². The molecule has 0 aliphatic heterocycles. The second kappa shape index (κ2) is 10.9. The summed E-state index contributed by atoms with van der Waals surface area (Å²) >= 11 is 1.39. The molecule has 4 aromatic rings. The van der Waals surface area contributed by atoms with Crippen molar-refractivity contribution in [2.75, 3.05) is 11.8 Å². The number of carboxylic acid groups (broad SMARTS) is 1. The number of carbonyl (C=O) groups is 1. The summed E-state index contributed by atoms with van der Waals surface area (Å²) in [6.07, 6.45) is 6.29. The molecule has 2 N–H and O–H groups in total. The number of halogens is 1. The van der Waals surface area contributed by atoms with Gasteiger partial charge in [0, 0.05) is 11.6 Å². The van der Waals surface area contributed by atoms with Crippen LogP contribution in [0, 0.1) is 11.7 Å². The largest absolute Gasteiger partial charge is 0.495 e. The summed E-state index contributed by atoms with van der Waals surface area (Å²) in [5.74, 6) is -1.22. The molecule has 1 heterocycles. The van der Waals surface area contributed by atoms with Crippen molar-refractivity contribution in [1.82, 2.24) is 4.98 Å². The van der Waals surface area contributed by atoms with E-state index in [0.29, 0.717) is 16.1 Å². The molecule has 0 unspecified atom stereocenters. The van der Waals surface area contributed by atoms with Gasteiger partial charge in [-0.15, -0.1) is 11.3 Å². The van der Waals surface area contributed by atoms with Gasteiger partial charge in [-0.3, -0.25) is 4.72 Å². The molecule has 204 valence electrons. The van der Waals surface area contributed by atoms with E-state index < -0.39 is 27.4 Å². The Hall–Kier alpha value is -3.50. The van der Waals surface area contributed by atoms with Gasteiger partial charge in [0.15, 0.2) is 0 Å². The maximum absolute atomic E-state index is 14.3. The number of nitrogens with zero attached hydrogens (tertiary/aromatic N) is 1. The molecule has 1 aromatic heterocycles. The van der Waals surface area contributed by atoms with Crippen LogP contribution in [-0.4, -0.2) is 31.6 Å². The first kappa shape index (κ1) is 27.1. The third kappa shape index (κ3) is 5.62. The number of rotatable bonds is 8. The van der Waals surface area contributed by atoms with E-state index in [0.717, 1.165) is 28.6 Å².